The molecule has 2 aromatic carbocycles. The molecule has 0 spiro atoms. The first kappa shape index (κ1) is 11.0. The molecule has 1 nitrogen and oxygen atoms in total. The summed E-state index contributed by atoms with van der Waals surface area (Å²) in [7, 11) is 0. The van der Waals surface area contributed by atoms with Crippen molar-refractivity contribution in [3.05, 3.63) is 42.5 Å². The molecule has 0 radical (unpaired) electrons. The van der Waals surface area contributed by atoms with Gasteiger partial charge in [-0.15, -0.1) is 0 Å². The highest BCUT2D eigenvalue weighted by atomic mass is 14.9. The molecule has 0 saturated heterocycles. The molecule has 0 fully saturated rings. The van der Waals surface area contributed by atoms with Crippen LogP contribution in [0.3, 0.4) is 0 Å². The van der Waals surface area contributed by atoms with Gasteiger partial charge in [-0.05, 0) is 24.8 Å². The van der Waals surface area contributed by atoms with Crippen molar-refractivity contribution in [2.45, 2.75) is 32.7 Å². The van der Waals surface area contributed by atoms with Crippen LogP contribution in [0.2, 0.25) is 0 Å². The summed E-state index contributed by atoms with van der Waals surface area (Å²) in [5.74, 6) is 0. The topological polar surface area (TPSA) is 12.0 Å². The standard InChI is InChI=1S/C15H19N/c1-3-7-12(2)16-15-11-6-9-13-8-4-5-10-14(13)15/h4-6,8-12,16H,3,7H2,1-2H3. The van der Waals surface area contributed by atoms with Crippen LogP contribution in [-0.4, -0.2) is 6.04 Å². The van der Waals surface area contributed by atoms with Gasteiger partial charge in [0, 0.05) is 17.1 Å². The zero-order valence-corrected chi connectivity index (χ0v) is 10.0. The Labute approximate surface area is 97.5 Å². The second-order valence-electron chi connectivity index (χ2n) is 4.36. The molecule has 1 unspecified atom stereocenters. The van der Waals surface area contributed by atoms with E-state index in [0.29, 0.717) is 6.04 Å². The summed E-state index contributed by atoms with van der Waals surface area (Å²) in [5.41, 5.74) is 1.25. The largest absolute Gasteiger partial charge is 0.382 e. The first-order chi connectivity index (χ1) is 7.81. The number of hydrogen-bond acceptors (Lipinski definition) is 1. The van der Waals surface area contributed by atoms with E-state index in [0.717, 1.165) is 0 Å². The quantitative estimate of drug-likeness (QED) is 0.791. The van der Waals surface area contributed by atoms with Gasteiger partial charge in [0.25, 0.3) is 0 Å². The summed E-state index contributed by atoms with van der Waals surface area (Å²) in [5, 5.41) is 6.20. The predicted molar refractivity (Wildman–Crippen MR) is 71.9 cm³/mol. The van der Waals surface area contributed by atoms with Crippen LogP contribution in [0.1, 0.15) is 26.7 Å². The fourth-order valence-corrected chi connectivity index (χ4v) is 2.12. The summed E-state index contributed by atoms with van der Waals surface area (Å²) in [6.45, 7) is 4.46. The van der Waals surface area contributed by atoms with Gasteiger partial charge in [0.1, 0.15) is 0 Å². The first-order valence-corrected chi connectivity index (χ1v) is 6.05. The van der Waals surface area contributed by atoms with Gasteiger partial charge in [0.15, 0.2) is 0 Å². The van der Waals surface area contributed by atoms with E-state index in [1.807, 2.05) is 0 Å². The molecule has 1 atom stereocenters. The Morgan fingerprint density at radius 3 is 2.62 bits per heavy atom. The summed E-state index contributed by atoms with van der Waals surface area (Å²) in [4.78, 5) is 0. The molecule has 2 aromatic rings. The van der Waals surface area contributed by atoms with Crippen LogP contribution >= 0.6 is 0 Å². The highest BCUT2D eigenvalue weighted by Gasteiger charge is 2.03. The number of benzene rings is 2. The molecule has 0 amide bonds. The number of anilines is 1. The summed E-state index contributed by atoms with van der Waals surface area (Å²) < 4.78 is 0. The van der Waals surface area contributed by atoms with Gasteiger partial charge in [0.05, 0.1) is 0 Å². The molecule has 16 heavy (non-hydrogen) atoms. The minimum atomic E-state index is 0.538. The van der Waals surface area contributed by atoms with Crippen LogP contribution in [0.4, 0.5) is 5.69 Å². The van der Waals surface area contributed by atoms with Gasteiger partial charge >= 0.3 is 0 Å². The van der Waals surface area contributed by atoms with Gasteiger partial charge in [-0.2, -0.15) is 0 Å². The van der Waals surface area contributed by atoms with Crippen molar-refractivity contribution in [2.24, 2.45) is 0 Å². The van der Waals surface area contributed by atoms with Gasteiger partial charge < -0.3 is 5.32 Å². The lowest BCUT2D eigenvalue weighted by atomic mass is 10.1. The zero-order valence-electron chi connectivity index (χ0n) is 10.0. The van der Waals surface area contributed by atoms with Gasteiger partial charge in [-0.1, -0.05) is 49.7 Å². The minimum absolute atomic E-state index is 0.538. The molecule has 0 heterocycles. The average molecular weight is 213 g/mol. The van der Waals surface area contributed by atoms with Crippen molar-refractivity contribution in [2.75, 3.05) is 5.32 Å². The molecule has 0 bridgehead atoms. The van der Waals surface area contributed by atoms with E-state index >= 15 is 0 Å². The van der Waals surface area contributed by atoms with Crippen LogP contribution in [0.25, 0.3) is 10.8 Å². The predicted octanol–water partition coefficient (Wildman–Crippen LogP) is 4.44. The monoisotopic (exact) mass is 213 g/mol. The fourth-order valence-electron chi connectivity index (χ4n) is 2.12. The number of rotatable bonds is 4. The number of hydrogen-bond donors (Lipinski definition) is 1. The van der Waals surface area contributed by atoms with Crippen LogP contribution in [0, 0.1) is 0 Å². The summed E-state index contributed by atoms with van der Waals surface area (Å²) in [6.07, 6.45) is 2.43. The van der Waals surface area contributed by atoms with Gasteiger partial charge in [-0.3, -0.25) is 0 Å². The molecular weight excluding hydrogens is 194 g/mol. The molecule has 0 aromatic heterocycles. The molecule has 2 rings (SSSR count). The Hall–Kier alpha value is -1.50. The third-order valence-corrected chi connectivity index (χ3v) is 2.91. The van der Waals surface area contributed by atoms with E-state index in [1.54, 1.807) is 0 Å². The maximum absolute atomic E-state index is 3.59. The average Bonchev–Trinajstić information content (AvgIpc) is 2.30. The van der Waals surface area contributed by atoms with Crippen LogP contribution in [0.15, 0.2) is 42.5 Å². The summed E-state index contributed by atoms with van der Waals surface area (Å²) >= 11 is 0. The molecule has 0 saturated carbocycles. The third kappa shape index (κ3) is 2.35. The van der Waals surface area contributed by atoms with E-state index in [2.05, 4.69) is 61.6 Å². The normalized spacial score (nSPS) is 12.6. The Kier molecular flexibility index (Phi) is 3.45. The van der Waals surface area contributed by atoms with E-state index in [9.17, 15) is 0 Å². The van der Waals surface area contributed by atoms with Crippen molar-refractivity contribution in [1.29, 1.82) is 0 Å². The highest BCUT2D eigenvalue weighted by Crippen LogP contribution is 2.23. The first-order valence-electron chi connectivity index (χ1n) is 6.05. The van der Waals surface area contributed by atoms with Crippen LogP contribution in [-0.2, 0) is 0 Å². The Morgan fingerprint density at radius 1 is 1.06 bits per heavy atom. The second kappa shape index (κ2) is 5.02. The molecule has 1 heteroatoms. The fraction of sp³-hybridized carbons (Fsp3) is 0.333. The molecule has 0 aliphatic heterocycles. The van der Waals surface area contributed by atoms with Gasteiger partial charge in [-0.25, -0.2) is 0 Å². The SMILES string of the molecule is CCCC(C)Nc1cccc2ccccc12. The second-order valence-corrected chi connectivity index (χ2v) is 4.36. The Bertz CT molecular complexity index is 456. The number of fused-ring (bicyclic) bond motifs is 1. The zero-order chi connectivity index (χ0) is 11.4. The molecule has 84 valence electrons. The van der Waals surface area contributed by atoms with Crippen molar-refractivity contribution >= 4 is 16.5 Å². The van der Waals surface area contributed by atoms with E-state index in [4.69, 9.17) is 0 Å². The lowest BCUT2D eigenvalue weighted by molar-refractivity contribution is 0.691. The number of nitrogens with one attached hydrogen (secondary N) is 1. The molecular formula is C15H19N. The highest BCUT2D eigenvalue weighted by molar-refractivity contribution is 5.93. The van der Waals surface area contributed by atoms with Crippen LogP contribution in [0.5, 0.6) is 0 Å². The lowest BCUT2D eigenvalue weighted by Crippen LogP contribution is -2.14. The Balaban J connectivity index is 2.30. The van der Waals surface area contributed by atoms with E-state index in [-0.39, 0.29) is 0 Å². The molecule has 1 N–H and O–H groups in total. The van der Waals surface area contributed by atoms with Crippen molar-refractivity contribution in [3.8, 4) is 0 Å². The molecule has 0 aliphatic carbocycles. The smallest absolute Gasteiger partial charge is 0.0421 e. The van der Waals surface area contributed by atoms with Crippen LogP contribution < -0.4 is 5.32 Å². The van der Waals surface area contributed by atoms with E-state index in [1.165, 1.54) is 29.3 Å². The minimum Gasteiger partial charge on any atom is -0.382 e. The third-order valence-electron chi connectivity index (χ3n) is 2.91. The van der Waals surface area contributed by atoms with Gasteiger partial charge in [0.2, 0.25) is 0 Å². The maximum atomic E-state index is 3.59. The lowest BCUT2D eigenvalue weighted by Gasteiger charge is -2.16. The molecule has 0 aliphatic rings. The van der Waals surface area contributed by atoms with E-state index < -0.39 is 0 Å². The maximum Gasteiger partial charge on any atom is 0.0421 e. The van der Waals surface area contributed by atoms with Crippen molar-refractivity contribution in [1.82, 2.24) is 0 Å². The van der Waals surface area contributed by atoms with Crippen molar-refractivity contribution in [3.63, 3.8) is 0 Å². The Morgan fingerprint density at radius 2 is 1.81 bits per heavy atom. The van der Waals surface area contributed by atoms with Crippen molar-refractivity contribution < 1.29 is 0 Å². The summed E-state index contributed by atoms with van der Waals surface area (Å²) in [6, 6.07) is 15.5.